The number of benzene rings is 1. The molecule has 3 atom stereocenters. The molecule has 3 nitrogen and oxygen atoms in total. The zero-order valence-electron chi connectivity index (χ0n) is 14.6. The molecule has 2 aromatic rings. The first-order chi connectivity index (χ1) is 12.3. The minimum Gasteiger partial charge on any atom is -0.311 e. The predicted molar refractivity (Wildman–Crippen MR) is 91.1 cm³/mol. The molecule has 0 spiro atoms. The Hall–Kier alpha value is -1.99. The Morgan fingerprint density at radius 3 is 2.38 bits per heavy atom. The molecule has 1 aliphatic heterocycles. The van der Waals surface area contributed by atoms with Gasteiger partial charge in [0, 0.05) is 31.4 Å². The molecule has 0 aliphatic carbocycles. The zero-order valence-corrected chi connectivity index (χ0v) is 14.6. The average Bonchev–Trinajstić information content (AvgIpc) is 2.59. The molecular formula is C19H21F4N3. The molecule has 1 fully saturated rings. The van der Waals surface area contributed by atoms with Crippen LogP contribution in [-0.2, 0) is 6.18 Å². The number of piperazine rings is 1. The smallest absolute Gasteiger partial charge is 0.311 e. The molecule has 1 saturated heterocycles. The lowest BCUT2D eigenvalue weighted by Crippen LogP contribution is -2.55. The SMILES string of the molecule is C[C@@H]1CN[C@@H](C)CN1C(c1ccc(F)cc1)c1ccc(C(F)(F)F)cn1. The van der Waals surface area contributed by atoms with Gasteiger partial charge in [-0.15, -0.1) is 0 Å². The Kier molecular flexibility index (Phi) is 5.29. The highest BCUT2D eigenvalue weighted by Gasteiger charge is 2.34. The van der Waals surface area contributed by atoms with Crippen LogP contribution in [-0.4, -0.2) is 35.1 Å². The summed E-state index contributed by atoms with van der Waals surface area (Å²) in [5, 5.41) is 3.39. The van der Waals surface area contributed by atoms with Crippen molar-refractivity contribution in [1.82, 2.24) is 15.2 Å². The van der Waals surface area contributed by atoms with Gasteiger partial charge < -0.3 is 5.32 Å². The lowest BCUT2D eigenvalue weighted by Gasteiger charge is -2.42. The van der Waals surface area contributed by atoms with Crippen LogP contribution in [0.4, 0.5) is 17.6 Å². The lowest BCUT2D eigenvalue weighted by atomic mass is 9.97. The van der Waals surface area contributed by atoms with Crippen LogP contribution < -0.4 is 5.32 Å². The summed E-state index contributed by atoms with van der Waals surface area (Å²) >= 11 is 0. The summed E-state index contributed by atoms with van der Waals surface area (Å²) in [6.45, 7) is 5.59. The van der Waals surface area contributed by atoms with E-state index in [-0.39, 0.29) is 23.9 Å². The summed E-state index contributed by atoms with van der Waals surface area (Å²) < 4.78 is 51.9. The number of hydrogen-bond acceptors (Lipinski definition) is 3. The van der Waals surface area contributed by atoms with E-state index in [4.69, 9.17) is 0 Å². The van der Waals surface area contributed by atoms with Gasteiger partial charge in [0.15, 0.2) is 0 Å². The third kappa shape index (κ3) is 4.04. The Balaban J connectivity index is 2.01. The molecule has 26 heavy (non-hydrogen) atoms. The highest BCUT2D eigenvalue weighted by molar-refractivity contribution is 5.30. The van der Waals surface area contributed by atoms with Crippen molar-refractivity contribution < 1.29 is 17.6 Å². The highest BCUT2D eigenvalue weighted by Crippen LogP contribution is 2.33. The predicted octanol–water partition coefficient (Wildman–Crippen LogP) is 4.01. The topological polar surface area (TPSA) is 28.2 Å². The van der Waals surface area contributed by atoms with Gasteiger partial charge in [0.25, 0.3) is 0 Å². The van der Waals surface area contributed by atoms with Gasteiger partial charge in [0.2, 0.25) is 0 Å². The standard InChI is InChI=1S/C19H21F4N3/c1-12-11-26(13(2)9-24-12)18(14-3-6-16(20)7-4-14)17-8-5-15(10-25-17)19(21,22)23/h3-8,10,12-13,18,24H,9,11H2,1-2H3/t12-,13+,18?/m0/s1. The maximum atomic E-state index is 13.4. The van der Waals surface area contributed by atoms with Crippen molar-refractivity contribution in [2.75, 3.05) is 13.1 Å². The number of hydrogen-bond donors (Lipinski definition) is 1. The number of aromatic nitrogens is 1. The third-order valence-electron chi connectivity index (χ3n) is 4.72. The van der Waals surface area contributed by atoms with Crippen molar-refractivity contribution in [3.63, 3.8) is 0 Å². The van der Waals surface area contributed by atoms with Crippen LogP contribution in [0.2, 0.25) is 0 Å². The van der Waals surface area contributed by atoms with Crippen LogP contribution >= 0.6 is 0 Å². The number of rotatable bonds is 3. The maximum absolute atomic E-state index is 13.4. The Bertz CT molecular complexity index is 728. The average molecular weight is 367 g/mol. The fourth-order valence-electron chi connectivity index (χ4n) is 3.32. The van der Waals surface area contributed by atoms with E-state index in [1.165, 1.54) is 18.2 Å². The summed E-state index contributed by atoms with van der Waals surface area (Å²) in [7, 11) is 0. The van der Waals surface area contributed by atoms with Crippen molar-refractivity contribution in [2.24, 2.45) is 0 Å². The van der Waals surface area contributed by atoms with Crippen molar-refractivity contribution in [1.29, 1.82) is 0 Å². The quantitative estimate of drug-likeness (QED) is 0.831. The summed E-state index contributed by atoms with van der Waals surface area (Å²) in [6, 6.07) is 8.58. The van der Waals surface area contributed by atoms with Crippen LogP contribution in [0.1, 0.15) is 36.7 Å². The van der Waals surface area contributed by atoms with Gasteiger partial charge in [-0.05, 0) is 43.7 Å². The van der Waals surface area contributed by atoms with Crippen molar-refractivity contribution >= 4 is 0 Å². The molecule has 1 N–H and O–H groups in total. The van der Waals surface area contributed by atoms with Gasteiger partial charge in [-0.1, -0.05) is 12.1 Å². The van der Waals surface area contributed by atoms with Crippen molar-refractivity contribution in [3.8, 4) is 0 Å². The van der Waals surface area contributed by atoms with Gasteiger partial charge in [-0.3, -0.25) is 9.88 Å². The largest absolute Gasteiger partial charge is 0.417 e. The van der Waals surface area contributed by atoms with Gasteiger partial charge in [-0.2, -0.15) is 13.2 Å². The first kappa shape index (κ1) is 18.8. The first-order valence-corrected chi connectivity index (χ1v) is 8.53. The lowest BCUT2D eigenvalue weighted by molar-refractivity contribution is -0.137. The second kappa shape index (κ2) is 7.32. The number of pyridine rings is 1. The van der Waals surface area contributed by atoms with Gasteiger partial charge in [0.05, 0.1) is 17.3 Å². The summed E-state index contributed by atoms with van der Waals surface area (Å²) in [6.07, 6.45) is -3.56. The second-order valence-electron chi connectivity index (χ2n) is 6.78. The molecule has 140 valence electrons. The van der Waals surface area contributed by atoms with E-state index in [1.807, 2.05) is 0 Å². The normalized spacial score (nSPS) is 23.0. The fourth-order valence-corrected chi connectivity index (χ4v) is 3.32. The molecule has 7 heteroatoms. The van der Waals surface area contributed by atoms with Crippen LogP contribution in [0.15, 0.2) is 42.6 Å². The molecule has 0 bridgehead atoms. The maximum Gasteiger partial charge on any atom is 0.417 e. The fraction of sp³-hybridized carbons (Fsp3) is 0.421. The Morgan fingerprint density at radius 2 is 1.81 bits per heavy atom. The second-order valence-corrected chi connectivity index (χ2v) is 6.78. The van der Waals surface area contributed by atoms with E-state index in [1.54, 1.807) is 12.1 Å². The number of nitrogens with zero attached hydrogens (tertiary/aromatic N) is 2. The minimum absolute atomic E-state index is 0.158. The summed E-state index contributed by atoms with van der Waals surface area (Å²) in [4.78, 5) is 6.30. The van der Waals surface area contributed by atoms with E-state index in [2.05, 4.69) is 29.0 Å². The third-order valence-corrected chi connectivity index (χ3v) is 4.72. The molecule has 1 aromatic carbocycles. The van der Waals surface area contributed by atoms with E-state index >= 15 is 0 Å². The molecule has 2 heterocycles. The summed E-state index contributed by atoms with van der Waals surface area (Å²) in [5.74, 6) is -0.352. The molecule has 0 amide bonds. The van der Waals surface area contributed by atoms with Gasteiger partial charge >= 0.3 is 6.18 Å². The highest BCUT2D eigenvalue weighted by atomic mass is 19.4. The van der Waals surface area contributed by atoms with Crippen molar-refractivity contribution in [3.05, 3.63) is 65.2 Å². The van der Waals surface area contributed by atoms with E-state index in [0.29, 0.717) is 12.2 Å². The summed E-state index contributed by atoms with van der Waals surface area (Å²) in [5.41, 5.74) is 0.547. The van der Waals surface area contributed by atoms with Gasteiger partial charge in [-0.25, -0.2) is 4.39 Å². The molecule has 0 radical (unpaired) electrons. The van der Waals surface area contributed by atoms with E-state index in [9.17, 15) is 17.6 Å². The minimum atomic E-state index is -4.42. The van der Waals surface area contributed by atoms with E-state index < -0.39 is 11.7 Å². The van der Waals surface area contributed by atoms with Crippen LogP contribution in [0.3, 0.4) is 0 Å². The Labute approximate surface area is 150 Å². The van der Waals surface area contributed by atoms with Crippen molar-refractivity contribution in [2.45, 2.75) is 38.1 Å². The van der Waals surface area contributed by atoms with Crippen LogP contribution in [0.5, 0.6) is 0 Å². The number of halogens is 4. The molecule has 1 aliphatic rings. The van der Waals surface area contributed by atoms with Gasteiger partial charge in [0.1, 0.15) is 5.82 Å². The number of nitrogens with one attached hydrogen (secondary N) is 1. The molecule has 1 unspecified atom stereocenters. The van der Waals surface area contributed by atoms with Crippen LogP contribution in [0.25, 0.3) is 0 Å². The molecule has 0 saturated carbocycles. The van der Waals surface area contributed by atoms with Crippen LogP contribution in [0, 0.1) is 5.82 Å². The molecular weight excluding hydrogens is 346 g/mol. The number of alkyl halides is 3. The molecule has 3 rings (SSSR count). The monoisotopic (exact) mass is 367 g/mol. The Morgan fingerprint density at radius 1 is 1.12 bits per heavy atom. The zero-order chi connectivity index (χ0) is 18.9. The first-order valence-electron chi connectivity index (χ1n) is 8.53. The molecule has 1 aromatic heterocycles. The van der Waals surface area contributed by atoms with E-state index in [0.717, 1.165) is 24.4 Å².